The van der Waals surface area contributed by atoms with Gasteiger partial charge in [-0.1, -0.05) is 6.08 Å². The van der Waals surface area contributed by atoms with Crippen molar-refractivity contribution >= 4 is 28.8 Å². The maximum atomic E-state index is 15.2. The summed E-state index contributed by atoms with van der Waals surface area (Å²) in [5.74, 6) is 0.122. The predicted molar refractivity (Wildman–Crippen MR) is 175 cm³/mol. The summed E-state index contributed by atoms with van der Waals surface area (Å²) in [5.41, 5.74) is 2.55. The molecule has 7 rings (SSSR count). The Kier molecular flexibility index (Phi) is 9.13. The average molecular weight is 654 g/mol. The number of aromatic amines is 1. The van der Waals surface area contributed by atoms with Crippen LogP contribution in [0, 0.1) is 17.2 Å². The summed E-state index contributed by atoms with van der Waals surface area (Å²) in [4.78, 5) is 46.3. The molecule has 0 radical (unpaired) electrons. The Balaban J connectivity index is 0.954. The molecule has 13 nitrogen and oxygen atoms in total. The van der Waals surface area contributed by atoms with Crippen LogP contribution in [-0.2, 0) is 9.47 Å². The highest BCUT2D eigenvalue weighted by Crippen LogP contribution is 2.33. The van der Waals surface area contributed by atoms with E-state index in [0.717, 1.165) is 50.7 Å². The van der Waals surface area contributed by atoms with E-state index < -0.39 is 29.7 Å². The Bertz CT molecular complexity index is 1790. The Morgan fingerprint density at radius 2 is 1.90 bits per heavy atom. The summed E-state index contributed by atoms with van der Waals surface area (Å²) in [6.45, 7) is 5.81. The highest BCUT2D eigenvalue weighted by Gasteiger charge is 2.36. The van der Waals surface area contributed by atoms with Crippen LogP contribution in [0.5, 0.6) is 0 Å². The second kappa shape index (κ2) is 13.9. The zero-order chi connectivity index (χ0) is 33.0. The summed E-state index contributed by atoms with van der Waals surface area (Å²) in [6, 6.07) is 13.7. The van der Waals surface area contributed by atoms with Crippen LogP contribution >= 0.6 is 0 Å². The van der Waals surface area contributed by atoms with Gasteiger partial charge in [0, 0.05) is 68.3 Å². The van der Waals surface area contributed by atoms with E-state index in [-0.39, 0.29) is 25.1 Å². The first-order valence-electron chi connectivity index (χ1n) is 16.2. The van der Waals surface area contributed by atoms with Crippen molar-refractivity contribution in [3.63, 3.8) is 0 Å². The minimum absolute atomic E-state index is 0.168. The molecule has 3 atom stereocenters. The van der Waals surface area contributed by atoms with Gasteiger partial charge in [-0.25, -0.2) is 14.4 Å². The number of ether oxygens (including phenoxy) is 2. The number of hydrogen-bond donors (Lipinski definition) is 2. The molecule has 3 aromatic rings. The van der Waals surface area contributed by atoms with Gasteiger partial charge in [0.25, 0.3) is 5.91 Å². The first-order chi connectivity index (χ1) is 23.4. The van der Waals surface area contributed by atoms with Gasteiger partial charge in [0.1, 0.15) is 24.1 Å². The fraction of sp³-hybridized carbons (Fsp3) is 0.412. The number of nitrogens with one attached hydrogen (secondary N) is 2. The summed E-state index contributed by atoms with van der Waals surface area (Å²) >= 11 is 0. The molecule has 1 amide bonds. The van der Waals surface area contributed by atoms with Crippen molar-refractivity contribution < 1.29 is 18.7 Å². The van der Waals surface area contributed by atoms with Crippen molar-refractivity contribution in [1.82, 2.24) is 29.7 Å². The standard InChI is InChI=1S/C34H36FN9O4/c35-28-18-44(33(46)23-7-9-37-31(45)16-23)10-8-30(28)48-29-6-1-22(15-24(29)17-36)32-38-21-39-34(41-32)40-25-2-4-26(5-3-25)42-11-13-43(14-12-42)27-19-47-20-27/h1-7,9,16,21,24,27-28,30H,8,10-15,18-20H2,(H,37,45)(H,38,39,40,41)/t24?,28-,30+/m1/s1. The van der Waals surface area contributed by atoms with Crippen molar-refractivity contribution in [3.8, 4) is 6.07 Å². The zero-order valence-corrected chi connectivity index (χ0v) is 26.3. The number of alkyl halides is 1. The van der Waals surface area contributed by atoms with Gasteiger partial charge in [0.2, 0.25) is 11.5 Å². The third-order valence-corrected chi connectivity index (χ3v) is 9.25. The smallest absolute Gasteiger partial charge is 0.254 e. The van der Waals surface area contributed by atoms with Gasteiger partial charge in [0.05, 0.1) is 31.9 Å². The SMILES string of the molecule is N#CC1CC(c2ncnc(Nc3ccc(N4CCN(C5COC5)CC4)cc3)n2)=CC=C1O[C@H]1CCN(C(=O)c2cc[nH]c(=O)c2)C[C@H]1F. The van der Waals surface area contributed by atoms with E-state index in [0.29, 0.717) is 30.0 Å². The van der Waals surface area contributed by atoms with Crippen molar-refractivity contribution in [3.05, 3.63) is 88.6 Å². The summed E-state index contributed by atoms with van der Waals surface area (Å²) in [6.07, 6.45) is 4.54. The van der Waals surface area contributed by atoms with Crippen LogP contribution in [-0.4, -0.2) is 106 Å². The third-order valence-electron chi connectivity index (χ3n) is 9.25. The van der Waals surface area contributed by atoms with E-state index in [2.05, 4.69) is 53.3 Å². The number of amides is 1. The number of rotatable bonds is 8. The number of nitrogens with zero attached hydrogens (tertiary/aromatic N) is 7. The highest BCUT2D eigenvalue weighted by atomic mass is 19.1. The van der Waals surface area contributed by atoms with Gasteiger partial charge in [0.15, 0.2) is 12.0 Å². The maximum absolute atomic E-state index is 15.2. The Labute approximate surface area is 276 Å². The van der Waals surface area contributed by atoms with Crippen LogP contribution in [0.2, 0.25) is 0 Å². The predicted octanol–water partition coefficient (Wildman–Crippen LogP) is 2.90. The van der Waals surface area contributed by atoms with Gasteiger partial charge in [-0.05, 0) is 48.4 Å². The molecule has 2 N–H and O–H groups in total. The van der Waals surface area contributed by atoms with Crippen molar-refractivity contribution in [1.29, 1.82) is 5.26 Å². The molecule has 1 aliphatic carbocycles. The molecule has 248 valence electrons. The normalized spacial score (nSPS) is 23.4. The lowest BCUT2D eigenvalue weighted by molar-refractivity contribution is -0.0660. The molecule has 0 bridgehead atoms. The van der Waals surface area contributed by atoms with Crippen LogP contribution in [0.3, 0.4) is 0 Å². The average Bonchev–Trinajstić information content (AvgIpc) is 3.09. The molecule has 3 aliphatic heterocycles. The molecule has 14 heteroatoms. The number of benzene rings is 1. The van der Waals surface area contributed by atoms with E-state index in [1.807, 2.05) is 12.1 Å². The molecule has 1 unspecified atom stereocenters. The molecule has 2 aromatic heterocycles. The van der Waals surface area contributed by atoms with Crippen LogP contribution in [0.25, 0.3) is 5.57 Å². The number of anilines is 3. The monoisotopic (exact) mass is 653 g/mol. The number of nitriles is 1. The van der Waals surface area contributed by atoms with Gasteiger partial charge in [-0.2, -0.15) is 10.2 Å². The molecular formula is C34H36FN9O4. The minimum Gasteiger partial charge on any atom is -0.490 e. The van der Waals surface area contributed by atoms with Crippen LogP contribution in [0.15, 0.2) is 71.6 Å². The Morgan fingerprint density at radius 3 is 2.60 bits per heavy atom. The summed E-state index contributed by atoms with van der Waals surface area (Å²) in [5, 5.41) is 13.2. The van der Waals surface area contributed by atoms with Crippen LogP contribution < -0.4 is 15.8 Å². The molecule has 3 fully saturated rings. The molecule has 5 heterocycles. The zero-order valence-electron chi connectivity index (χ0n) is 26.3. The molecule has 0 spiro atoms. The quantitative estimate of drug-likeness (QED) is 0.369. The number of pyridine rings is 1. The Hall–Kier alpha value is -5.13. The highest BCUT2D eigenvalue weighted by molar-refractivity contribution is 5.94. The van der Waals surface area contributed by atoms with Gasteiger partial charge in [-0.15, -0.1) is 0 Å². The van der Waals surface area contributed by atoms with E-state index in [1.165, 1.54) is 35.2 Å². The number of halogens is 1. The van der Waals surface area contributed by atoms with Crippen molar-refractivity contribution in [2.24, 2.45) is 5.92 Å². The minimum atomic E-state index is -1.46. The van der Waals surface area contributed by atoms with Gasteiger partial charge < -0.3 is 29.6 Å². The summed E-state index contributed by atoms with van der Waals surface area (Å²) < 4.78 is 26.6. The van der Waals surface area contributed by atoms with Gasteiger partial charge >= 0.3 is 0 Å². The topological polar surface area (TPSA) is 153 Å². The van der Waals surface area contributed by atoms with Crippen LogP contribution in [0.4, 0.5) is 21.7 Å². The first-order valence-corrected chi connectivity index (χ1v) is 16.2. The largest absolute Gasteiger partial charge is 0.490 e. The summed E-state index contributed by atoms with van der Waals surface area (Å²) in [7, 11) is 0. The Morgan fingerprint density at radius 1 is 1.08 bits per heavy atom. The lowest BCUT2D eigenvalue weighted by Gasteiger charge is -2.43. The molecule has 4 aliphatic rings. The van der Waals surface area contributed by atoms with Crippen LogP contribution in [0.1, 0.15) is 29.0 Å². The third kappa shape index (κ3) is 6.92. The van der Waals surface area contributed by atoms with Crippen molar-refractivity contribution in [2.45, 2.75) is 31.2 Å². The second-order valence-corrected chi connectivity index (χ2v) is 12.3. The number of hydrogen-bond acceptors (Lipinski definition) is 11. The number of allylic oxidation sites excluding steroid dienone is 4. The lowest BCUT2D eigenvalue weighted by atomic mass is 9.92. The van der Waals surface area contributed by atoms with E-state index in [4.69, 9.17) is 9.47 Å². The fourth-order valence-electron chi connectivity index (χ4n) is 6.39. The number of aromatic nitrogens is 4. The number of piperidine rings is 1. The molecular weight excluding hydrogens is 617 g/mol. The number of likely N-dealkylation sites (tertiary alicyclic amines) is 1. The molecule has 3 saturated heterocycles. The molecule has 0 saturated carbocycles. The van der Waals surface area contributed by atoms with E-state index in [9.17, 15) is 14.9 Å². The number of piperazine rings is 1. The lowest BCUT2D eigenvalue weighted by Crippen LogP contribution is -2.56. The van der Waals surface area contributed by atoms with E-state index in [1.54, 1.807) is 12.2 Å². The second-order valence-electron chi connectivity index (χ2n) is 12.3. The number of carbonyl (C=O) groups excluding carboxylic acids is 1. The maximum Gasteiger partial charge on any atom is 0.254 e. The number of H-pyrrole nitrogens is 1. The molecule has 1 aromatic carbocycles. The fourth-order valence-corrected chi connectivity index (χ4v) is 6.39. The molecule has 48 heavy (non-hydrogen) atoms. The number of carbonyl (C=O) groups is 1. The van der Waals surface area contributed by atoms with E-state index >= 15 is 4.39 Å². The van der Waals surface area contributed by atoms with Crippen molar-refractivity contribution in [2.75, 3.05) is 62.7 Å². The first kappa shape index (κ1) is 31.5. The van der Waals surface area contributed by atoms with Gasteiger partial charge in [-0.3, -0.25) is 14.5 Å².